The summed E-state index contributed by atoms with van der Waals surface area (Å²) in [7, 11) is 0. The molecule has 4 rings (SSSR count). The second kappa shape index (κ2) is 7.50. The third-order valence-corrected chi connectivity index (χ3v) is 5.88. The van der Waals surface area contributed by atoms with Gasteiger partial charge in [-0.05, 0) is 41.3 Å². The SMILES string of the molecule is O=C(Cc1scc(-c2ccc(Cl)cc2)c1C(=O)O)c1nc2cc(Br)ccc2o1. The van der Waals surface area contributed by atoms with Gasteiger partial charge in [0.25, 0.3) is 5.89 Å². The molecule has 5 nitrogen and oxygen atoms in total. The number of nitrogens with zero attached hydrogens (tertiary/aromatic N) is 1. The lowest BCUT2D eigenvalue weighted by Crippen LogP contribution is -2.07. The highest BCUT2D eigenvalue weighted by atomic mass is 79.9. The van der Waals surface area contributed by atoms with Crippen LogP contribution in [0.2, 0.25) is 5.02 Å². The first-order valence-corrected chi connectivity index (χ1v) is 10.2. The quantitative estimate of drug-likeness (QED) is 0.352. The molecular formula is C20H11BrClNO4S. The molecule has 0 aliphatic rings. The van der Waals surface area contributed by atoms with Crippen LogP contribution in [0.1, 0.15) is 25.9 Å². The van der Waals surface area contributed by atoms with Crippen LogP contribution < -0.4 is 0 Å². The first-order valence-electron chi connectivity index (χ1n) is 8.11. The van der Waals surface area contributed by atoms with Crippen molar-refractivity contribution in [2.45, 2.75) is 6.42 Å². The Morgan fingerprint density at radius 1 is 1.18 bits per heavy atom. The van der Waals surface area contributed by atoms with Crippen LogP contribution in [-0.4, -0.2) is 21.8 Å². The fourth-order valence-corrected chi connectivity index (χ4v) is 4.36. The van der Waals surface area contributed by atoms with E-state index in [-0.39, 0.29) is 23.7 Å². The number of rotatable bonds is 5. The van der Waals surface area contributed by atoms with E-state index in [1.807, 2.05) is 0 Å². The predicted octanol–water partition coefficient (Wildman–Crippen LogP) is 6.10. The minimum Gasteiger partial charge on any atom is -0.478 e. The van der Waals surface area contributed by atoms with Crippen molar-refractivity contribution in [3.05, 3.63) is 73.7 Å². The number of aromatic nitrogens is 1. The molecule has 0 saturated carbocycles. The Morgan fingerprint density at radius 2 is 1.93 bits per heavy atom. The van der Waals surface area contributed by atoms with Crippen molar-refractivity contribution in [3.63, 3.8) is 0 Å². The van der Waals surface area contributed by atoms with Crippen LogP contribution in [0.3, 0.4) is 0 Å². The van der Waals surface area contributed by atoms with E-state index in [2.05, 4.69) is 20.9 Å². The van der Waals surface area contributed by atoms with Gasteiger partial charge in [-0.2, -0.15) is 0 Å². The van der Waals surface area contributed by atoms with E-state index in [0.29, 0.717) is 26.6 Å². The van der Waals surface area contributed by atoms with Crippen LogP contribution in [0, 0.1) is 0 Å². The third kappa shape index (κ3) is 3.61. The summed E-state index contributed by atoms with van der Waals surface area (Å²) in [5.74, 6) is -1.50. The van der Waals surface area contributed by atoms with Crippen LogP contribution in [0.5, 0.6) is 0 Å². The summed E-state index contributed by atoms with van der Waals surface area (Å²) in [6.45, 7) is 0. The summed E-state index contributed by atoms with van der Waals surface area (Å²) in [6.07, 6.45) is -0.103. The van der Waals surface area contributed by atoms with Crippen molar-refractivity contribution in [1.29, 1.82) is 0 Å². The lowest BCUT2D eigenvalue weighted by molar-refractivity contribution is 0.0697. The maximum absolute atomic E-state index is 12.7. The first kappa shape index (κ1) is 18.9. The van der Waals surface area contributed by atoms with Gasteiger partial charge in [-0.1, -0.05) is 39.7 Å². The van der Waals surface area contributed by atoms with Gasteiger partial charge in [-0.25, -0.2) is 9.78 Å². The second-order valence-electron chi connectivity index (χ2n) is 5.99. The molecule has 4 aromatic rings. The normalized spacial score (nSPS) is 11.1. The van der Waals surface area contributed by atoms with E-state index in [4.69, 9.17) is 16.0 Å². The number of carbonyl (C=O) groups is 2. The number of carboxylic acid groups (broad SMARTS) is 1. The molecule has 140 valence electrons. The van der Waals surface area contributed by atoms with Crippen molar-refractivity contribution < 1.29 is 19.1 Å². The minimum absolute atomic E-state index is 0.0362. The zero-order valence-electron chi connectivity index (χ0n) is 14.1. The minimum atomic E-state index is -1.09. The van der Waals surface area contributed by atoms with Gasteiger partial charge in [0.15, 0.2) is 5.58 Å². The molecular weight excluding hydrogens is 466 g/mol. The van der Waals surface area contributed by atoms with Gasteiger partial charge in [0, 0.05) is 19.9 Å². The Morgan fingerprint density at radius 3 is 2.64 bits per heavy atom. The number of carboxylic acids is 1. The fourth-order valence-electron chi connectivity index (χ4n) is 2.85. The lowest BCUT2D eigenvalue weighted by atomic mass is 10.0. The number of halogens is 2. The molecule has 0 amide bonds. The van der Waals surface area contributed by atoms with Crippen LogP contribution in [0.4, 0.5) is 0 Å². The Labute approximate surface area is 176 Å². The number of hydrogen-bond acceptors (Lipinski definition) is 5. The number of Topliss-reactive ketones (excluding diaryl/α,β-unsaturated/α-hetero) is 1. The summed E-state index contributed by atoms with van der Waals surface area (Å²) in [5, 5.41) is 12.0. The van der Waals surface area contributed by atoms with E-state index in [1.165, 1.54) is 11.3 Å². The summed E-state index contributed by atoms with van der Waals surface area (Å²) in [6, 6.07) is 12.2. The molecule has 0 fully saturated rings. The molecule has 2 aromatic heterocycles. The third-order valence-electron chi connectivity index (χ3n) is 4.15. The monoisotopic (exact) mass is 475 g/mol. The molecule has 0 saturated heterocycles. The van der Waals surface area contributed by atoms with Crippen LogP contribution in [0.15, 0.2) is 56.7 Å². The van der Waals surface area contributed by atoms with Crippen LogP contribution in [0.25, 0.3) is 22.2 Å². The molecule has 0 radical (unpaired) electrons. The van der Waals surface area contributed by atoms with Crippen LogP contribution in [-0.2, 0) is 6.42 Å². The number of benzene rings is 2. The second-order valence-corrected chi connectivity index (χ2v) is 8.31. The van der Waals surface area contributed by atoms with Gasteiger partial charge in [-0.3, -0.25) is 4.79 Å². The van der Waals surface area contributed by atoms with Crippen molar-refractivity contribution in [2.75, 3.05) is 0 Å². The number of ketones is 1. The summed E-state index contributed by atoms with van der Waals surface area (Å²) in [4.78, 5) is 29.2. The summed E-state index contributed by atoms with van der Waals surface area (Å²) in [5.41, 5.74) is 2.45. The number of aromatic carboxylic acids is 1. The van der Waals surface area contributed by atoms with E-state index < -0.39 is 5.97 Å². The maximum atomic E-state index is 12.7. The highest BCUT2D eigenvalue weighted by Gasteiger charge is 2.24. The molecule has 0 spiro atoms. The molecule has 0 unspecified atom stereocenters. The molecule has 1 N–H and O–H groups in total. The van der Waals surface area contributed by atoms with Crippen molar-refractivity contribution in [1.82, 2.24) is 4.98 Å². The topological polar surface area (TPSA) is 80.4 Å². The molecule has 0 aliphatic heterocycles. The van der Waals surface area contributed by atoms with Gasteiger partial charge < -0.3 is 9.52 Å². The molecule has 0 bridgehead atoms. The van der Waals surface area contributed by atoms with Crippen molar-refractivity contribution in [3.8, 4) is 11.1 Å². The van der Waals surface area contributed by atoms with Crippen molar-refractivity contribution in [2.24, 2.45) is 0 Å². The Kier molecular flexibility index (Phi) is 5.05. The van der Waals surface area contributed by atoms with Gasteiger partial charge in [0.2, 0.25) is 5.78 Å². The lowest BCUT2D eigenvalue weighted by Gasteiger charge is -2.03. The zero-order valence-corrected chi connectivity index (χ0v) is 17.3. The zero-order chi connectivity index (χ0) is 19.8. The van der Waals surface area contributed by atoms with Gasteiger partial charge in [-0.15, -0.1) is 11.3 Å². The average Bonchev–Trinajstić information content (AvgIpc) is 3.26. The number of fused-ring (bicyclic) bond motifs is 1. The molecule has 0 atom stereocenters. The van der Waals surface area contributed by atoms with E-state index >= 15 is 0 Å². The van der Waals surface area contributed by atoms with E-state index in [0.717, 1.165) is 10.0 Å². The van der Waals surface area contributed by atoms with Gasteiger partial charge in [0.1, 0.15) is 5.52 Å². The number of hydrogen-bond donors (Lipinski definition) is 1. The molecule has 2 heterocycles. The smallest absolute Gasteiger partial charge is 0.337 e. The Hall–Kier alpha value is -2.48. The standard InChI is InChI=1S/C20H11BrClNO4S/c21-11-3-6-16-14(7-11)23-19(27-16)15(24)8-17-18(20(25)26)13(9-28-17)10-1-4-12(22)5-2-10/h1-7,9H,8H2,(H,25,26). The van der Waals surface area contributed by atoms with Crippen molar-refractivity contribution >= 4 is 61.7 Å². The number of thiophene rings is 1. The van der Waals surface area contributed by atoms with E-state index in [9.17, 15) is 14.7 Å². The van der Waals surface area contributed by atoms with Gasteiger partial charge in [0.05, 0.1) is 12.0 Å². The predicted molar refractivity (Wildman–Crippen MR) is 111 cm³/mol. The van der Waals surface area contributed by atoms with Crippen LogP contribution >= 0.6 is 38.9 Å². The highest BCUT2D eigenvalue weighted by Crippen LogP contribution is 2.33. The number of carbonyl (C=O) groups excluding carboxylic acids is 1. The Bertz CT molecular complexity index is 1210. The van der Waals surface area contributed by atoms with Gasteiger partial charge >= 0.3 is 5.97 Å². The molecule has 8 heteroatoms. The van der Waals surface area contributed by atoms with E-state index in [1.54, 1.807) is 47.8 Å². The summed E-state index contributed by atoms with van der Waals surface area (Å²) < 4.78 is 6.35. The fraction of sp³-hybridized carbons (Fsp3) is 0.0500. The first-order chi connectivity index (χ1) is 13.4. The number of oxazole rings is 1. The molecule has 0 aliphatic carbocycles. The average molecular weight is 477 g/mol. The molecule has 28 heavy (non-hydrogen) atoms. The summed E-state index contributed by atoms with van der Waals surface area (Å²) >= 11 is 10.5. The maximum Gasteiger partial charge on any atom is 0.337 e. The largest absolute Gasteiger partial charge is 0.478 e. The Balaban J connectivity index is 1.67. The highest BCUT2D eigenvalue weighted by molar-refractivity contribution is 9.10. The molecule has 2 aromatic carbocycles.